The fraction of sp³-hybridized carbons (Fsp3) is 0.545. The molecular formula is C11H15N5O5. The average molecular weight is 298 g/mol. The Balaban J connectivity index is 2.09. The van der Waals surface area contributed by atoms with Gasteiger partial charge in [-0.2, -0.15) is 4.98 Å². The molecule has 5 N–H and O–H groups in total. The molecule has 21 heavy (non-hydrogen) atoms. The molecular weight excluding hydrogens is 282 g/mol. The standard InChI is InChI=1S/C11H15N5O5/c1-20-7-6(18)4(2-17)21-10(7)16-3-13-5-8(16)14-11(12)15-9(5)19/h3-4,6-7,10,17-18H,2H2,1H3,(H3,12,14,15,19)/t4-,6-,7-,10-/m1/s1/i2D/t2?,4-,6-,7-,10-. The third-order valence-electron chi connectivity index (χ3n) is 3.39. The van der Waals surface area contributed by atoms with Crippen LogP contribution in [0.1, 0.15) is 7.60 Å². The zero-order valence-electron chi connectivity index (χ0n) is 12.0. The lowest BCUT2D eigenvalue weighted by atomic mass is 10.1. The van der Waals surface area contributed by atoms with Gasteiger partial charge in [0.2, 0.25) is 5.95 Å². The molecule has 0 aliphatic carbocycles. The molecule has 1 unspecified atom stereocenters. The summed E-state index contributed by atoms with van der Waals surface area (Å²) in [6.45, 7) is -1.64. The minimum absolute atomic E-state index is 0.0528. The Morgan fingerprint density at radius 1 is 1.71 bits per heavy atom. The Kier molecular flexibility index (Phi) is 3.07. The summed E-state index contributed by atoms with van der Waals surface area (Å²) in [6, 6.07) is 0. The van der Waals surface area contributed by atoms with Crippen molar-refractivity contribution in [3.8, 4) is 0 Å². The van der Waals surface area contributed by atoms with Gasteiger partial charge >= 0.3 is 0 Å². The maximum absolute atomic E-state index is 11.8. The van der Waals surface area contributed by atoms with Gasteiger partial charge in [-0.15, -0.1) is 0 Å². The van der Waals surface area contributed by atoms with Gasteiger partial charge in [-0.1, -0.05) is 0 Å². The molecule has 114 valence electrons. The second kappa shape index (κ2) is 5.07. The fourth-order valence-electron chi connectivity index (χ4n) is 2.41. The van der Waals surface area contributed by atoms with E-state index < -0.39 is 36.7 Å². The van der Waals surface area contributed by atoms with E-state index in [9.17, 15) is 15.0 Å². The Bertz CT molecular complexity index is 746. The molecule has 2 aromatic rings. The lowest BCUT2D eigenvalue weighted by molar-refractivity contribution is -0.0583. The molecule has 1 saturated heterocycles. The second-order valence-corrected chi connectivity index (χ2v) is 4.61. The molecule has 3 heterocycles. The molecule has 0 bridgehead atoms. The summed E-state index contributed by atoms with van der Waals surface area (Å²) >= 11 is 0. The number of H-pyrrole nitrogens is 1. The number of nitrogens with two attached hydrogens (primary N) is 1. The van der Waals surface area contributed by atoms with E-state index in [0.29, 0.717) is 0 Å². The number of rotatable bonds is 3. The van der Waals surface area contributed by atoms with Crippen LogP contribution in [0.5, 0.6) is 0 Å². The molecule has 10 heteroatoms. The molecule has 10 nitrogen and oxygen atoms in total. The third-order valence-corrected chi connectivity index (χ3v) is 3.39. The first kappa shape index (κ1) is 12.7. The van der Waals surface area contributed by atoms with Crippen molar-refractivity contribution < 1.29 is 21.1 Å². The zero-order valence-corrected chi connectivity index (χ0v) is 11.0. The van der Waals surface area contributed by atoms with Crippen LogP contribution in [-0.4, -0.2) is 61.7 Å². The highest BCUT2D eigenvalue weighted by molar-refractivity contribution is 5.70. The minimum atomic E-state index is -1.64. The lowest BCUT2D eigenvalue weighted by Crippen LogP contribution is -2.34. The van der Waals surface area contributed by atoms with Gasteiger partial charge < -0.3 is 25.4 Å². The van der Waals surface area contributed by atoms with E-state index in [1.54, 1.807) is 0 Å². The first-order valence-electron chi connectivity index (χ1n) is 6.70. The van der Waals surface area contributed by atoms with Crippen LogP contribution in [0.3, 0.4) is 0 Å². The van der Waals surface area contributed by atoms with Crippen LogP contribution in [-0.2, 0) is 9.47 Å². The number of ether oxygens (including phenoxy) is 2. The van der Waals surface area contributed by atoms with E-state index in [4.69, 9.17) is 16.6 Å². The summed E-state index contributed by atoms with van der Waals surface area (Å²) < 4.78 is 19.4. The Morgan fingerprint density at radius 2 is 2.48 bits per heavy atom. The quantitative estimate of drug-likeness (QED) is 0.507. The molecule has 5 atom stereocenters. The molecule has 0 amide bonds. The molecule has 0 aromatic carbocycles. The topological polar surface area (TPSA) is 149 Å². The minimum Gasteiger partial charge on any atom is -0.394 e. The third kappa shape index (κ3) is 2.08. The Hall–Kier alpha value is -2.01. The summed E-state index contributed by atoms with van der Waals surface area (Å²) in [5, 5.41) is 19.5. The van der Waals surface area contributed by atoms with Crippen LogP contribution in [0, 0.1) is 0 Å². The summed E-state index contributed by atoms with van der Waals surface area (Å²) in [6.07, 6.45) is -2.87. The van der Waals surface area contributed by atoms with Crippen molar-refractivity contribution in [1.29, 1.82) is 0 Å². The van der Waals surface area contributed by atoms with Gasteiger partial charge in [0.05, 0.1) is 14.3 Å². The number of nitrogens with one attached hydrogen (secondary N) is 1. The summed E-state index contributed by atoms with van der Waals surface area (Å²) in [4.78, 5) is 22.0. The molecule has 0 saturated carbocycles. The Morgan fingerprint density at radius 3 is 3.14 bits per heavy atom. The number of aliphatic hydroxyl groups is 2. The number of anilines is 1. The van der Waals surface area contributed by atoms with Crippen LogP contribution in [0.15, 0.2) is 11.1 Å². The molecule has 0 radical (unpaired) electrons. The number of methoxy groups -OCH3 is 1. The van der Waals surface area contributed by atoms with E-state index >= 15 is 0 Å². The van der Waals surface area contributed by atoms with E-state index in [0.717, 1.165) is 0 Å². The van der Waals surface area contributed by atoms with E-state index in [1.165, 1.54) is 18.0 Å². The number of aromatic nitrogens is 4. The monoisotopic (exact) mass is 298 g/mol. The van der Waals surface area contributed by atoms with Crippen molar-refractivity contribution in [3.05, 3.63) is 16.7 Å². The molecule has 0 spiro atoms. The summed E-state index contributed by atoms with van der Waals surface area (Å²) in [7, 11) is 1.36. The number of hydrogen-bond donors (Lipinski definition) is 4. The van der Waals surface area contributed by atoms with Gasteiger partial charge in [-0.25, -0.2) is 4.98 Å². The maximum atomic E-state index is 11.8. The van der Waals surface area contributed by atoms with Gasteiger partial charge in [0.25, 0.3) is 5.56 Å². The van der Waals surface area contributed by atoms with E-state index in [1.807, 2.05) is 0 Å². The number of imidazole rings is 1. The predicted molar refractivity (Wildman–Crippen MR) is 70.4 cm³/mol. The van der Waals surface area contributed by atoms with Crippen LogP contribution in [0.2, 0.25) is 0 Å². The average Bonchev–Trinajstić information content (AvgIpc) is 2.99. The first-order chi connectivity index (χ1) is 10.4. The molecule has 1 fully saturated rings. The van der Waals surface area contributed by atoms with Crippen molar-refractivity contribution in [2.24, 2.45) is 0 Å². The van der Waals surface area contributed by atoms with Crippen molar-refractivity contribution in [3.63, 3.8) is 0 Å². The molecule has 3 rings (SSSR count). The molecule has 1 aliphatic heterocycles. The van der Waals surface area contributed by atoms with E-state index in [2.05, 4.69) is 15.0 Å². The smallest absolute Gasteiger partial charge is 0.280 e. The van der Waals surface area contributed by atoms with Crippen LogP contribution < -0.4 is 11.3 Å². The summed E-state index contributed by atoms with van der Waals surface area (Å²) in [5.74, 6) is -0.0937. The predicted octanol–water partition coefficient (Wildman–Crippen LogP) is -2.03. The van der Waals surface area contributed by atoms with Gasteiger partial charge in [0.15, 0.2) is 17.4 Å². The SMILES string of the molecule is [2H]C(O)[C@H]1O[C@@H](n2cnc3c(=O)[nH]c(N)nc32)[C@H](OC)[C@@H]1O. The van der Waals surface area contributed by atoms with Crippen molar-refractivity contribution in [1.82, 2.24) is 19.5 Å². The van der Waals surface area contributed by atoms with Crippen molar-refractivity contribution in [2.45, 2.75) is 24.5 Å². The van der Waals surface area contributed by atoms with Crippen LogP contribution >= 0.6 is 0 Å². The van der Waals surface area contributed by atoms with Crippen molar-refractivity contribution >= 4 is 17.1 Å². The number of aliphatic hydroxyl groups excluding tert-OH is 2. The van der Waals surface area contributed by atoms with Crippen molar-refractivity contribution in [2.75, 3.05) is 19.4 Å². The lowest BCUT2D eigenvalue weighted by Gasteiger charge is -2.19. The summed E-state index contributed by atoms with van der Waals surface area (Å²) in [5.41, 5.74) is 5.22. The zero-order chi connectivity index (χ0) is 16.0. The van der Waals surface area contributed by atoms with Crippen LogP contribution in [0.4, 0.5) is 5.95 Å². The van der Waals surface area contributed by atoms with Crippen LogP contribution in [0.25, 0.3) is 11.2 Å². The fourth-order valence-corrected chi connectivity index (χ4v) is 2.41. The molecule has 2 aromatic heterocycles. The Labute approximate surface area is 119 Å². The normalized spacial score (nSPS) is 31.5. The van der Waals surface area contributed by atoms with Gasteiger partial charge in [-0.3, -0.25) is 14.3 Å². The number of aromatic amines is 1. The number of fused-ring (bicyclic) bond motifs is 1. The highest BCUT2D eigenvalue weighted by Gasteiger charge is 2.45. The van der Waals surface area contributed by atoms with E-state index in [-0.39, 0.29) is 17.1 Å². The maximum Gasteiger partial charge on any atom is 0.280 e. The first-order valence-corrected chi connectivity index (χ1v) is 6.13. The van der Waals surface area contributed by atoms with Gasteiger partial charge in [0, 0.05) is 7.11 Å². The second-order valence-electron chi connectivity index (χ2n) is 4.61. The van der Waals surface area contributed by atoms with Gasteiger partial charge in [0.1, 0.15) is 18.3 Å². The molecule has 1 aliphatic rings. The number of nitrogens with zero attached hydrogens (tertiary/aromatic N) is 3. The largest absolute Gasteiger partial charge is 0.394 e. The highest BCUT2D eigenvalue weighted by Crippen LogP contribution is 2.32. The number of hydrogen-bond acceptors (Lipinski definition) is 8. The van der Waals surface area contributed by atoms with Gasteiger partial charge in [-0.05, 0) is 0 Å². The number of nitrogen functional groups attached to an aromatic ring is 1. The highest BCUT2D eigenvalue weighted by atomic mass is 16.6.